The average Bonchev–Trinajstić information content (AvgIpc) is 3.29. The van der Waals surface area contributed by atoms with E-state index in [1.165, 1.54) is 0 Å². The van der Waals surface area contributed by atoms with Crippen molar-refractivity contribution in [1.82, 2.24) is 10.2 Å². The highest BCUT2D eigenvalue weighted by molar-refractivity contribution is 6.32. The summed E-state index contributed by atoms with van der Waals surface area (Å²) in [4.78, 5) is 14.3. The molecule has 130 valence electrons. The standard InChI is InChI=1S/C18H19ClN4O2/c19-15-8-12(9-20)3-6-17(15)25-11-13-4-5-16(22-13)18(24)23-7-1-2-14(23)10-21/h3,6,8,13-14,16,22H,1-2,4-5,7,11H2/t13-,14+,16+/m1/s1. The van der Waals surface area contributed by atoms with E-state index in [4.69, 9.17) is 26.9 Å². The first-order chi connectivity index (χ1) is 12.1. The zero-order chi connectivity index (χ0) is 17.8. The first-order valence-corrected chi connectivity index (χ1v) is 8.78. The lowest BCUT2D eigenvalue weighted by Crippen LogP contribution is -2.47. The number of hydrogen-bond acceptors (Lipinski definition) is 5. The van der Waals surface area contributed by atoms with E-state index < -0.39 is 0 Å². The molecule has 0 spiro atoms. The fourth-order valence-electron chi connectivity index (χ4n) is 3.39. The Bertz CT molecular complexity index is 740. The van der Waals surface area contributed by atoms with Crippen LogP contribution < -0.4 is 10.1 Å². The molecule has 7 heteroatoms. The fourth-order valence-corrected chi connectivity index (χ4v) is 3.62. The van der Waals surface area contributed by atoms with Gasteiger partial charge in [-0.2, -0.15) is 10.5 Å². The van der Waals surface area contributed by atoms with Crippen LogP contribution in [0.15, 0.2) is 18.2 Å². The lowest BCUT2D eigenvalue weighted by atomic mass is 10.1. The largest absolute Gasteiger partial charge is 0.490 e. The van der Waals surface area contributed by atoms with Crippen LogP contribution in [-0.2, 0) is 4.79 Å². The lowest BCUT2D eigenvalue weighted by Gasteiger charge is -2.24. The molecule has 0 aromatic heterocycles. The topological polar surface area (TPSA) is 89.2 Å². The molecule has 3 atom stereocenters. The Morgan fingerprint density at radius 1 is 1.36 bits per heavy atom. The number of nitrogens with zero attached hydrogens (tertiary/aromatic N) is 3. The van der Waals surface area contributed by atoms with E-state index in [1.807, 2.05) is 6.07 Å². The molecular weight excluding hydrogens is 340 g/mol. The Hall–Kier alpha value is -2.28. The molecule has 1 N–H and O–H groups in total. The summed E-state index contributed by atoms with van der Waals surface area (Å²) in [6.45, 7) is 1.06. The second-order valence-corrected chi connectivity index (χ2v) is 6.79. The summed E-state index contributed by atoms with van der Waals surface area (Å²) in [6.07, 6.45) is 3.22. The zero-order valence-corrected chi connectivity index (χ0v) is 14.5. The van der Waals surface area contributed by atoms with Crippen LogP contribution in [0.3, 0.4) is 0 Å². The van der Waals surface area contributed by atoms with Crippen molar-refractivity contribution in [3.05, 3.63) is 28.8 Å². The molecule has 25 heavy (non-hydrogen) atoms. The molecule has 2 fully saturated rings. The highest BCUT2D eigenvalue weighted by Gasteiger charge is 2.36. The van der Waals surface area contributed by atoms with Gasteiger partial charge in [0, 0.05) is 12.6 Å². The third-order valence-corrected chi connectivity index (χ3v) is 5.02. The number of nitrogens with one attached hydrogen (secondary N) is 1. The Morgan fingerprint density at radius 2 is 2.20 bits per heavy atom. The summed E-state index contributed by atoms with van der Waals surface area (Å²) >= 11 is 6.10. The van der Waals surface area contributed by atoms with Gasteiger partial charge in [-0.15, -0.1) is 0 Å². The number of nitriles is 2. The smallest absolute Gasteiger partial charge is 0.240 e. The van der Waals surface area contributed by atoms with Crippen molar-refractivity contribution in [2.45, 2.75) is 43.8 Å². The Labute approximate surface area is 151 Å². The number of hydrogen-bond donors (Lipinski definition) is 1. The summed E-state index contributed by atoms with van der Waals surface area (Å²) in [5, 5.41) is 21.7. The molecule has 2 aliphatic heterocycles. The number of carbonyl (C=O) groups is 1. The van der Waals surface area contributed by atoms with Crippen molar-refractivity contribution in [2.24, 2.45) is 0 Å². The molecule has 0 unspecified atom stereocenters. The molecule has 2 saturated heterocycles. The normalized spacial score (nSPS) is 25.4. The van der Waals surface area contributed by atoms with Crippen LogP contribution in [0.1, 0.15) is 31.2 Å². The fraction of sp³-hybridized carbons (Fsp3) is 0.500. The Morgan fingerprint density at radius 3 is 2.92 bits per heavy atom. The van der Waals surface area contributed by atoms with Gasteiger partial charge in [0.05, 0.1) is 28.8 Å². The molecule has 0 radical (unpaired) electrons. The van der Waals surface area contributed by atoms with Gasteiger partial charge in [-0.25, -0.2) is 0 Å². The number of likely N-dealkylation sites (tertiary alicyclic amines) is 1. The molecule has 2 heterocycles. The van der Waals surface area contributed by atoms with Crippen molar-refractivity contribution in [2.75, 3.05) is 13.2 Å². The molecular formula is C18H19ClN4O2. The number of halogens is 1. The minimum atomic E-state index is -0.290. The van der Waals surface area contributed by atoms with E-state index in [-0.39, 0.29) is 24.0 Å². The van der Waals surface area contributed by atoms with Gasteiger partial charge in [-0.3, -0.25) is 10.1 Å². The highest BCUT2D eigenvalue weighted by atomic mass is 35.5. The second kappa shape index (κ2) is 7.74. The molecule has 6 nitrogen and oxygen atoms in total. The van der Waals surface area contributed by atoms with Gasteiger partial charge in [0.2, 0.25) is 5.91 Å². The van der Waals surface area contributed by atoms with E-state index in [0.717, 1.165) is 25.7 Å². The SMILES string of the molecule is N#Cc1ccc(OC[C@H]2CC[C@@H](C(=O)N3CCC[C@H]3C#N)N2)c(Cl)c1. The van der Waals surface area contributed by atoms with Gasteiger partial charge in [0.1, 0.15) is 18.4 Å². The lowest BCUT2D eigenvalue weighted by molar-refractivity contribution is -0.133. The van der Waals surface area contributed by atoms with Crippen LogP contribution in [0.2, 0.25) is 5.02 Å². The number of rotatable bonds is 4. The van der Waals surface area contributed by atoms with Gasteiger partial charge in [0.25, 0.3) is 0 Å². The van der Waals surface area contributed by atoms with Gasteiger partial charge < -0.3 is 9.64 Å². The quantitative estimate of drug-likeness (QED) is 0.891. The van der Waals surface area contributed by atoms with E-state index in [2.05, 4.69) is 11.4 Å². The van der Waals surface area contributed by atoms with Gasteiger partial charge in [0.15, 0.2) is 0 Å². The molecule has 0 aliphatic carbocycles. The predicted octanol–water partition coefficient (Wildman–Crippen LogP) is 2.23. The molecule has 3 rings (SSSR count). The number of carbonyl (C=O) groups excluding carboxylic acids is 1. The van der Waals surface area contributed by atoms with Crippen LogP contribution in [0.25, 0.3) is 0 Å². The summed E-state index contributed by atoms with van der Waals surface area (Å²) in [5.74, 6) is 0.546. The monoisotopic (exact) mass is 358 g/mol. The van der Waals surface area contributed by atoms with Crippen LogP contribution in [0, 0.1) is 22.7 Å². The summed E-state index contributed by atoms with van der Waals surface area (Å²) < 4.78 is 5.73. The predicted molar refractivity (Wildman–Crippen MR) is 92.0 cm³/mol. The van der Waals surface area contributed by atoms with E-state index in [9.17, 15) is 4.79 Å². The average molecular weight is 359 g/mol. The molecule has 1 aromatic carbocycles. The molecule has 0 bridgehead atoms. The summed E-state index contributed by atoms with van der Waals surface area (Å²) in [7, 11) is 0. The number of benzene rings is 1. The first-order valence-electron chi connectivity index (χ1n) is 8.41. The zero-order valence-electron chi connectivity index (χ0n) is 13.7. The molecule has 1 amide bonds. The van der Waals surface area contributed by atoms with Gasteiger partial charge in [-0.1, -0.05) is 11.6 Å². The maximum Gasteiger partial charge on any atom is 0.240 e. The summed E-state index contributed by atoms with van der Waals surface area (Å²) in [6, 6.07) is 8.66. The maximum atomic E-state index is 12.6. The number of amides is 1. The minimum Gasteiger partial charge on any atom is -0.490 e. The second-order valence-electron chi connectivity index (χ2n) is 6.38. The van der Waals surface area contributed by atoms with Crippen molar-refractivity contribution in [3.8, 4) is 17.9 Å². The van der Waals surface area contributed by atoms with E-state index >= 15 is 0 Å². The van der Waals surface area contributed by atoms with Crippen molar-refractivity contribution < 1.29 is 9.53 Å². The van der Waals surface area contributed by atoms with Crippen LogP contribution in [0.4, 0.5) is 0 Å². The van der Waals surface area contributed by atoms with Gasteiger partial charge >= 0.3 is 0 Å². The van der Waals surface area contributed by atoms with E-state index in [1.54, 1.807) is 23.1 Å². The summed E-state index contributed by atoms with van der Waals surface area (Å²) in [5.41, 5.74) is 0.486. The van der Waals surface area contributed by atoms with Crippen molar-refractivity contribution in [3.63, 3.8) is 0 Å². The van der Waals surface area contributed by atoms with Crippen molar-refractivity contribution in [1.29, 1.82) is 10.5 Å². The third kappa shape index (κ3) is 3.87. The first kappa shape index (κ1) is 17.5. The van der Waals surface area contributed by atoms with Crippen LogP contribution in [-0.4, -0.2) is 42.1 Å². The maximum absolute atomic E-state index is 12.6. The van der Waals surface area contributed by atoms with Gasteiger partial charge in [-0.05, 0) is 43.9 Å². The van der Waals surface area contributed by atoms with Crippen LogP contribution in [0.5, 0.6) is 5.75 Å². The number of ether oxygens (including phenoxy) is 1. The van der Waals surface area contributed by atoms with Crippen molar-refractivity contribution >= 4 is 17.5 Å². The highest BCUT2D eigenvalue weighted by Crippen LogP contribution is 2.26. The Balaban J connectivity index is 1.53. The molecule has 1 aromatic rings. The Kier molecular flexibility index (Phi) is 5.43. The molecule has 0 saturated carbocycles. The van der Waals surface area contributed by atoms with E-state index in [0.29, 0.717) is 29.5 Å². The third-order valence-electron chi connectivity index (χ3n) is 4.72. The minimum absolute atomic E-state index is 0.0166. The van der Waals surface area contributed by atoms with Crippen LogP contribution >= 0.6 is 11.6 Å². The molecule has 2 aliphatic rings.